The third-order valence-corrected chi connectivity index (χ3v) is 1.55. The van der Waals surface area contributed by atoms with Crippen LogP contribution in [-0.2, 0) is 0 Å². The number of aliphatic hydroxyl groups excluding tert-OH is 2. The topological polar surface area (TPSA) is 43.7 Å². The zero-order valence-electron chi connectivity index (χ0n) is 6.13. The molecule has 0 aliphatic carbocycles. The van der Waals surface area contributed by atoms with E-state index in [1.165, 1.54) is 0 Å². The van der Waals surface area contributed by atoms with Crippen LogP contribution in [0.4, 0.5) is 0 Å². The molecular formula is C6H14ClNO2. The maximum atomic E-state index is 8.53. The fourth-order valence-corrected chi connectivity index (χ4v) is 0.920. The van der Waals surface area contributed by atoms with Gasteiger partial charge in [-0.2, -0.15) is 0 Å². The Hall–Kier alpha value is 0.170. The van der Waals surface area contributed by atoms with E-state index >= 15 is 0 Å². The van der Waals surface area contributed by atoms with Crippen molar-refractivity contribution in [3.05, 3.63) is 0 Å². The lowest BCUT2D eigenvalue weighted by molar-refractivity contribution is 0.155. The van der Waals surface area contributed by atoms with Crippen molar-refractivity contribution in [1.29, 1.82) is 0 Å². The summed E-state index contributed by atoms with van der Waals surface area (Å²) >= 11 is 5.71. The third-order valence-electron chi connectivity index (χ3n) is 1.28. The molecule has 62 valence electrons. The van der Waals surface area contributed by atoms with Crippen molar-refractivity contribution in [2.24, 2.45) is 0 Å². The van der Waals surface area contributed by atoms with Crippen LogP contribution in [0.1, 0.15) is 6.92 Å². The minimum Gasteiger partial charge on any atom is -0.395 e. The summed E-state index contributed by atoms with van der Waals surface area (Å²) in [6, 6.07) is 0. The zero-order valence-corrected chi connectivity index (χ0v) is 6.88. The number of hydrogen-bond acceptors (Lipinski definition) is 3. The quantitative estimate of drug-likeness (QED) is 0.443. The van der Waals surface area contributed by atoms with Gasteiger partial charge in [-0.15, -0.1) is 11.6 Å². The summed E-state index contributed by atoms with van der Waals surface area (Å²) in [6.07, 6.45) is 0. The van der Waals surface area contributed by atoms with Gasteiger partial charge in [0.2, 0.25) is 0 Å². The van der Waals surface area contributed by atoms with Gasteiger partial charge in [-0.3, -0.25) is 4.90 Å². The summed E-state index contributed by atoms with van der Waals surface area (Å²) in [6.45, 7) is 3.01. The van der Waals surface area contributed by atoms with Gasteiger partial charge in [0.25, 0.3) is 0 Å². The van der Waals surface area contributed by atoms with Crippen LogP contribution in [0.15, 0.2) is 0 Å². The van der Waals surface area contributed by atoms with Crippen molar-refractivity contribution in [1.82, 2.24) is 4.90 Å². The second-order valence-corrected chi connectivity index (χ2v) is 2.69. The van der Waals surface area contributed by atoms with Crippen molar-refractivity contribution in [2.45, 2.75) is 12.4 Å². The fourth-order valence-electron chi connectivity index (χ4n) is 0.724. The van der Waals surface area contributed by atoms with Crippen LogP contribution in [0.5, 0.6) is 0 Å². The second kappa shape index (κ2) is 5.92. The van der Waals surface area contributed by atoms with Crippen LogP contribution in [0.2, 0.25) is 0 Å². The molecule has 3 nitrogen and oxygen atoms in total. The van der Waals surface area contributed by atoms with Crippen LogP contribution in [0.25, 0.3) is 0 Å². The molecule has 1 unspecified atom stereocenters. The molecule has 0 aliphatic rings. The van der Waals surface area contributed by atoms with Crippen LogP contribution in [0, 0.1) is 0 Å². The molecule has 0 aromatic rings. The summed E-state index contributed by atoms with van der Waals surface area (Å²) in [7, 11) is 0. The van der Waals surface area contributed by atoms with Gasteiger partial charge in [0.15, 0.2) is 0 Å². The standard InChI is InChI=1S/C6H14ClNO2/c1-6(7)8(2-4-9)3-5-10/h6,9-10H,2-5H2,1H3. The van der Waals surface area contributed by atoms with E-state index in [9.17, 15) is 0 Å². The van der Waals surface area contributed by atoms with Crippen LogP contribution < -0.4 is 0 Å². The first-order valence-electron chi connectivity index (χ1n) is 3.32. The van der Waals surface area contributed by atoms with Crippen LogP contribution in [-0.4, -0.2) is 46.9 Å². The largest absolute Gasteiger partial charge is 0.395 e. The van der Waals surface area contributed by atoms with Gasteiger partial charge < -0.3 is 10.2 Å². The van der Waals surface area contributed by atoms with E-state index < -0.39 is 0 Å². The lowest BCUT2D eigenvalue weighted by Gasteiger charge is -2.22. The monoisotopic (exact) mass is 167 g/mol. The maximum Gasteiger partial charge on any atom is 0.0823 e. The molecule has 2 N–H and O–H groups in total. The Balaban J connectivity index is 3.50. The molecule has 0 amide bonds. The minimum absolute atomic E-state index is 0.0804. The normalized spacial score (nSPS) is 14.1. The number of halogens is 1. The van der Waals surface area contributed by atoms with Crippen molar-refractivity contribution < 1.29 is 10.2 Å². The van der Waals surface area contributed by atoms with Gasteiger partial charge in [0.1, 0.15) is 0 Å². The van der Waals surface area contributed by atoms with Crippen LogP contribution >= 0.6 is 11.6 Å². The number of hydrogen-bond donors (Lipinski definition) is 2. The van der Waals surface area contributed by atoms with Gasteiger partial charge in [-0.05, 0) is 6.92 Å². The zero-order chi connectivity index (χ0) is 7.98. The van der Waals surface area contributed by atoms with Gasteiger partial charge in [-0.1, -0.05) is 0 Å². The van der Waals surface area contributed by atoms with Gasteiger partial charge in [-0.25, -0.2) is 0 Å². The summed E-state index contributed by atoms with van der Waals surface area (Å²) in [5.74, 6) is 0. The summed E-state index contributed by atoms with van der Waals surface area (Å²) in [5.41, 5.74) is -0.126. The van der Waals surface area contributed by atoms with E-state index in [-0.39, 0.29) is 18.7 Å². The number of aliphatic hydroxyl groups is 2. The SMILES string of the molecule is CC(Cl)N(CCO)CCO. The Labute approximate surface area is 66.2 Å². The Morgan fingerprint density at radius 3 is 1.90 bits per heavy atom. The van der Waals surface area contributed by atoms with Crippen molar-refractivity contribution in [3.63, 3.8) is 0 Å². The van der Waals surface area contributed by atoms with E-state index in [0.717, 1.165) is 0 Å². The molecular weight excluding hydrogens is 154 g/mol. The molecule has 0 rings (SSSR count). The van der Waals surface area contributed by atoms with Gasteiger partial charge >= 0.3 is 0 Å². The van der Waals surface area contributed by atoms with Gasteiger partial charge in [0, 0.05) is 13.1 Å². The predicted molar refractivity (Wildman–Crippen MR) is 41.1 cm³/mol. The Bertz CT molecular complexity index is 74.1. The highest BCUT2D eigenvalue weighted by Crippen LogP contribution is 2.01. The summed E-state index contributed by atoms with van der Waals surface area (Å²) < 4.78 is 0. The van der Waals surface area contributed by atoms with E-state index in [2.05, 4.69) is 0 Å². The lowest BCUT2D eigenvalue weighted by atomic mass is 10.5. The molecule has 10 heavy (non-hydrogen) atoms. The van der Waals surface area contributed by atoms with Crippen molar-refractivity contribution in [3.8, 4) is 0 Å². The molecule has 4 heteroatoms. The maximum absolute atomic E-state index is 8.53. The van der Waals surface area contributed by atoms with Crippen molar-refractivity contribution >= 4 is 11.6 Å². The molecule has 0 bridgehead atoms. The van der Waals surface area contributed by atoms with Crippen LogP contribution in [0.3, 0.4) is 0 Å². The lowest BCUT2D eigenvalue weighted by Crippen LogP contribution is -2.34. The first-order valence-corrected chi connectivity index (χ1v) is 3.76. The molecule has 0 saturated carbocycles. The molecule has 0 heterocycles. The summed E-state index contributed by atoms with van der Waals surface area (Å²) in [4.78, 5) is 1.79. The number of alkyl halides is 1. The molecule has 1 atom stereocenters. The summed E-state index contributed by atoms with van der Waals surface area (Å²) in [5, 5.41) is 17.1. The molecule has 0 fully saturated rings. The Morgan fingerprint density at radius 2 is 1.70 bits per heavy atom. The van der Waals surface area contributed by atoms with E-state index in [0.29, 0.717) is 13.1 Å². The molecule has 0 saturated heterocycles. The molecule has 0 aromatic heterocycles. The first kappa shape index (κ1) is 10.2. The smallest absolute Gasteiger partial charge is 0.0823 e. The predicted octanol–water partition coefficient (Wildman–Crippen LogP) is -0.142. The molecule has 0 aliphatic heterocycles. The Kier molecular flexibility index (Phi) is 6.02. The number of rotatable bonds is 5. The van der Waals surface area contributed by atoms with Gasteiger partial charge in [0.05, 0.1) is 18.7 Å². The first-order chi connectivity index (χ1) is 4.72. The molecule has 0 radical (unpaired) electrons. The fraction of sp³-hybridized carbons (Fsp3) is 1.00. The second-order valence-electron chi connectivity index (χ2n) is 2.06. The average Bonchev–Trinajstić information content (AvgIpc) is 1.87. The number of nitrogens with zero attached hydrogens (tertiary/aromatic N) is 1. The highest BCUT2D eigenvalue weighted by atomic mass is 35.5. The Morgan fingerprint density at radius 1 is 1.30 bits per heavy atom. The van der Waals surface area contributed by atoms with Crippen molar-refractivity contribution in [2.75, 3.05) is 26.3 Å². The minimum atomic E-state index is -0.126. The molecule has 0 spiro atoms. The van der Waals surface area contributed by atoms with E-state index in [1.54, 1.807) is 4.90 Å². The molecule has 0 aromatic carbocycles. The highest BCUT2D eigenvalue weighted by Gasteiger charge is 2.07. The van der Waals surface area contributed by atoms with E-state index in [4.69, 9.17) is 21.8 Å². The average molecular weight is 168 g/mol. The van der Waals surface area contributed by atoms with E-state index in [1.807, 2.05) is 6.92 Å². The third kappa shape index (κ3) is 4.06. The highest BCUT2D eigenvalue weighted by molar-refractivity contribution is 6.20.